The van der Waals surface area contributed by atoms with Gasteiger partial charge in [-0.15, -0.1) is 0 Å². The average Bonchev–Trinajstić information content (AvgIpc) is 2.67. The zero-order valence-corrected chi connectivity index (χ0v) is 15.5. The predicted octanol–water partition coefficient (Wildman–Crippen LogP) is 4.69. The second-order valence-electron chi connectivity index (χ2n) is 7.69. The van der Waals surface area contributed by atoms with E-state index in [4.69, 9.17) is 0 Å². The monoisotopic (exact) mass is 354 g/mol. The summed E-state index contributed by atoms with van der Waals surface area (Å²) in [6.45, 7) is 5.82. The largest absolute Gasteiger partial charge is 0.337 e. The third kappa shape index (κ3) is 4.24. The van der Waals surface area contributed by atoms with Gasteiger partial charge in [0.25, 0.3) is 0 Å². The molecule has 1 aliphatic rings. The normalized spacial score (nSPS) is 15.7. The molecule has 0 aliphatic carbocycles. The van der Waals surface area contributed by atoms with Crippen molar-refractivity contribution in [2.45, 2.75) is 38.0 Å². The number of rotatable bonds is 4. The Morgan fingerprint density at radius 1 is 1.08 bits per heavy atom. The molecular formula is C22H27FN2O. The molecule has 1 saturated heterocycles. The van der Waals surface area contributed by atoms with Crippen molar-refractivity contribution in [3.05, 3.63) is 71.5 Å². The van der Waals surface area contributed by atoms with Crippen LogP contribution in [-0.4, -0.2) is 30.6 Å². The Hall–Kier alpha value is -2.36. The van der Waals surface area contributed by atoms with E-state index in [9.17, 15) is 9.18 Å². The summed E-state index contributed by atoms with van der Waals surface area (Å²) in [7, 11) is 0. The Morgan fingerprint density at radius 3 is 2.35 bits per heavy atom. The highest BCUT2D eigenvalue weighted by atomic mass is 19.1. The molecule has 0 aromatic heterocycles. The maximum Gasteiger partial charge on any atom is 0.317 e. The Balaban J connectivity index is 1.52. The molecule has 0 unspecified atom stereocenters. The molecule has 0 radical (unpaired) electrons. The highest BCUT2D eigenvalue weighted by Gasteiger charge is 2.27. The van der Waals surface area contributed by atoms with E-state index in [0.29, 0.717) is 18.0 Å². The van der Waals surface area contributed by atoms with Gasteiger partial charge in [-0.3, -0.25) is 0 Å². The van der Waals surface area contributed by atoms with Crippen molar-refractivity contribution >= 4 is 6.03 Å². The molecule has 138 valence electrons. The third-order valence-electron chi connectivity index (χ3n) is 5.34. The molecule has 3 rings (SSSR count). The summed E-state index contributed by atoms with van der Waals surface area (Å²) in [6, 6.07) is 17.2. The van der Waals surface area contributed by atoms with Gasteiger partial charge in [-0.25, -0.2) is 9.18 Å². The van der Waals surface area contributed by atoms with Crippen LogP contribution in [0, 0.1) is 5.82 Å². The van der Waals surface area contributed by atoms with Crippen molar-refractivity contribution in [1.82, 2.24) is 10.2 Å². The molecule has 0 spiro atoms. The van der Waals surface area contributed by atoms with Gasteiger partial charge in [0.15, 0.2) is 0 Å². The molecule has 2 aromatic carbocycles. The fourth-order valence-electron chi connectivity index (χ4n) is 3.65. The summed E-state index contributed by atoms with van der Waals surface area (Å²) in [5.41, 5.74) is 1.53. The molecule has 0 bridgehead atoms. The minimum Gasteiger partial charge on any atom is -0.337 e. The lowest BCUT2D eigenvalue weighted by atomic mass is 9.84. The predicted molar refractivity (Wildman–Crippen MR) is 103 cm³/mol. The molecular weight excluding hydrogens is 327 g/mol. The number of piperidine rings is 1. The molecule has 26 heavy (non-hydrogen) atoms. The smallest absolute Gasteiger partial charge is 0.317 e. The number of benzene rings is 2. The fraction of sp³-hybridized carbons (Fsp3) is 0.409. The zero-order valence-electron chi connectivity index (χ0n) is 15.5. The van der Waals surface area contributed by atoms with Gasteiger partial charge in [0.1, 0.15) is 5.82 Å². The first-order valence-electron chi connectivity index (χ1n) is 9.30. The molecule has 2 amide bonds. The second kappa shape index (κ2) is 7.90. The first kappa shape index (κ1) is 18.4. The van der Waals surface area contributed by atoms with E-state index in [-0.39, 0.29) is 11.8 Å². The number of carbonyl (C=O) groups is 1. The molecule has 1 heterocycles. The van der Waals surface area contributed by atoms with Crippen molar-refractivity contribution in [3.63, 3.8) is 0 Å². The van der Waals surface area contributed by atoms with Crippen LogP contribution in [0.1, 0.15) is 43.7 Å². The van der Waals surface area contributed by atoms with E-state index in [2.05, 4.69) is 29.6 Å². The Labute approximate surface area is 155 Å². The summed E-state index contributed by atoms with van der Waals surface area (Å²) in [6.07, 6.45) is 1.96. The number of nitrogens with zero attached hydrogens (tertiary/aromatic N) is 1. The van der Waals surface area contributed by atoms with Gasteiger partial charge in [-0.1, -0.05) is 62.4 Å². The van der Waals surface area contributed by atoms with E-state index in [0.717, 1.165) is 25.9 Å². The summed E-state index contributed by atoms with van der Waals surface area (Å²) in [5, 5.41) is 2.99. The molecule has 2 aromatic rings. The van der Waals surface area contributed by atoms with Crippen LogP contribution in [-0.2, 0) is 5.41 Å². The van der Waals surface area contributed by atoms with E-state index in [1.165, 1.54) is 11.6 Å². The molecule has 0 saturated carbocycles. The van der Waals surface area contributed by atoms with Crippen molar-refractivity contribution in [1.29, 1.82) is 0 Å². The van der Waals surface area contributed by atoms with E-state index >= 15 is 0 Å². The molecule has 1 aliphatic heterocycles. The van der Waals surface area contributed by atoms with Gasteiger partial charge in [0, 0.05) is 25.0 Å². The topological polar surface area (TPSA) is 32.3 Å². The maximum atomic E-state index is 14.0. The summed E-state index contributed by atoms with van der Waals surface area (Å²) in [5.74, 6) is 0.297. The lowest BCUT2D eigenvalue weighted by Gasteiger charge is -2.33. The fourth-order valence-corrected chi connectivity index (χ4v) is 3.65. The minimum atomic E-state index is -0.455. The first-order valence-corrected chi connectivity index (χ1v) is 9.30. The van der Waals surface area contributed by atoms with Gasteiger partial charge in [-0.05, 0) is 36.0 Å². The molecule has 1 N–H and O–H groups in total. The van der Waals surface area contributed by atoms with Crippen molar-refractivity contribution in [2.75, 3.05) is 19.6 Å². The number of amides is 2. The van der Waals surface area contributed by atoms with Gasteiger partial charge >= 0.3 is 6.03 Å². The van der Waals surface area contributed by atoms with E-state index in [1.54, 1.807) is 12.1 Å². The summed E-state index contributed by atoms with van der Waals surface area (Å²) >= 11 is 0. The molecule has 0 atom stereocenters. The number of nitrogens with one attached hydrogen (secondary N) is 1. The van der Waals surface area contributed by atoms with Gasteiger partial charge in [0.2, 0.25) is 0 Å². The van der Waals surface area contributed by atoms with Crippen LogP contribution < -0.4 is 5.32 Å². The number of likely N-dealkylation sites (tertiary alicyclic amines) is 1. The van der Waals surface area contributed by atoms with Gasteiger partial charge < -0.3 is 10.2 Å². The lowest BCUT2D eigenvalue weighted by molar-refractivity contribution is 0.179. The highest BCUT2D eigenvalue weighted by Crippen LogP contribution is 2.28. The van der Waals surface area contributed by atoms with Gasteiger partial charge in [0.05, 0.1) is 0 Å². The van der Waals surface area contributed by atoms with Crippen LogP contribution in [0.4, 0.5) is 9.18 Å². The number of hydrogen-bond acceptors (Lipinski definition) is 1. The van der Waals surface area contributed by atoms with Crippen LogP contribution in [0.15, 0.2) is 54.6 Å². The van der Waals surface area contributed by atoms with Crippen LogP contribution in [0.25, 0.3) is 0 Å². The van der Waals surface area contributed by atoms with Crippen LogP contribution >= 0.6 is 0 Å². The number of halogens is 1. The van der Waals surface area contributed by atoms with Crippen LogP contribution in [0.5, 0.6) is 0 Å². The maximum absolute atomic E-state index is 14.0. The second-order valence-corrected chi connectivity index (χ2v) is 7.69. The van der Waals surface area contributed by atoms with E-state index in [1.807, 2.05) is 30.9 Å². The number of hydrogen-bond donors (Lipinski definition) is 1. The Morgan fingerprint density at radius 2 is 1.69 bits per heavy atom. The van der Waals surface area contributed by atoms with Gasteiger partial charge in [-0.2, -0.15) is 0 Å². The van der Waals surface area contributed by atoms with Crippen LogP contribution in [0.2, 0.25) is 0 Å². The van der Waals surface area contributed by atoms with Crippen molar-refractivity contribution < 1.29 is 9.18 Å². The van der Waals surface area contributed by atoms with Crippen LogP contribution in [0.3, 0.4) is 0 Å². The lowest BCUT2D eigenvalue weighted by Crippen LogP contribution is -2.47. The summed E-state index contributed by atoms with van der Waals surface area (Å²) in [4.78, 5) is 14.4. The van der Waals surface area contributed by atoms with Crippen molar-refractivity contribution in [3.8, 4) is 0 Å². The zero-order chi connectivity index (χ0) is 18.6. The first-order chi connectivity index (χ1) is 12.5. The van der Waals surface area contributed by atoms with E-state index < -0.39 is 5.41 Å². The standard InChI is InChI=1S/C22H27FN2O/c1-22(2,19-10-6-7-11-20(19)23)16-24-21(26)25-14-12-18(13-15-25)17-8-4-3-5-9-17/h3-11,18H,12-16H2,1-2H3,(H,24,26). The highest BCUT2D eigenvalue weighted by molar-refractivity contribution is 5.74. The Bertz CT molecular complexity index is 737. The molecule has 4 heteroatoms. The Kier molecular flexibility index (Phi) is 5.60. The minimum absolute atomic E-state index is 0.0547. The number of urea groups is 1. The SMILES string of the molecule is CC(C)(CNC(=O)N1CCC(c2ccccc2)CC1)c1ccccc1F. The number of carbonyl (C=O) groups excluding carboxylic acids is 1. The average molecular weight is 354 g/mol. The molecule has 3 nitrogen and oxygen atoms in total. The van der Waals surface area contributed by atoms with Crippen molar-refractivity contribution in [2.24, 2.45) is 0 Å². The quantitative estimate of drug-likeness (QED) is 0.848. The third-order valence-corrected chi connectivity index (χ3v) is 5.34. The summed E-state index contributed by atoms with van der Waals surface area (Å²) < 4.78 is 14.0. The molecule has 1 fully saturated rings.